The predicted octanol–water partition coefficient (Wildman–Crippen LogP) is 7.82. The van der Waals surface area contributed by atoms with Crippen LogP contribution in [0.5, 0.6) is 0 Å². The number of hydrogen-bond acceptors (Lipinski definition) is 3. The van der Waals surface area contributed by atoms with Gasteiger partial charge in [0.1, 0.15) is 12.2 Å². The van der Waals surface area contributed by atoms with E-state index in [1.54, 1.807) is 0 Å². The van der Waals surface area contributed by atoms with Gasteiger partial charge in [0.05, 0.1) is 0 Å². The van der Waals surface area contributed by atoms with Gasteiger partial charge in [0.2, 0.25) is 0 Å². The SMILES string of the molecule is CC/C=C\C/C=C\C/C=C\C/C=C\C/C=C\C/C=C\CCCOCC(=O)OC(C)(C)C. The highest BCUT2D eigenvalue weighted by atomic mass is 16.6. The first-order valence-electron chi connectivity index (χ1n) is 11.6. The van der Waals surface area contributed by atoms with Gasteiger partial charge in [0.15, 0.2) is 0 Å². The average molecular weight is 429 g/mol. The van der Waals surface area contributed by atoms with E-state index in [4.69, 9.17) is 9.47 Å². The Labute approximate surface area is 191 Å². The predicted molar refractivity (Wildman–Crippen MR) is 134 cm³/mol. The summed E-state index contributed by atoms with van der Waals surface area (Å²) in [6, 6.07) is 0. The molecule has 0 N–H and O–H groups in total. The third-order valence-electron chi connectivity index (χ3n) is 3.90. The molecule has 0 atom stereocenters. The minimum absolute atomic E-state index is 0.0288. The zero-order valence-electron chi connectivity index (χ0n) is 20.2. The second-order valence-electron chi connectivity index (χ2n) is 8.20. The van der Waals surface area contributed by atoms with E-state index < -0.39 is 5.60 Å². The highest BCUT2D eigenvalue weighted by Gasteiger charge is 2.15. The Kier molecular flexibility index (Phi) is 19.7. The Balaban J connectivity index is 3.53. The van der Waals surface area contributed by atoms with E-state index >= 15 is 0 Å². The van der Waals surface area contributed by atoms with E-state index in [9.17, 15) is 4.79 Å². The molecule has 174 valence electrons. The van der Waals surface area contributed by atoms with E-state index in [-0.39, 0.29) is 12.6 Å². The minimum atomic E-state index is -0.452. The number of rotatable bonds is 17. The maximum absolute atomic E-state index is 11.5. The topological polar surface area (TPSA) is 35.5 Å². The number of ether oxygens (including phenoxy) is 2. The molecule has 0 fully saturated rings. The molecule has 0 saturated carbocycles. The molecule has 0 bridgehead atoms. The Morgan fingerprint density at radius 2 is 1.10 bits per heavy atom. The first-order chi connectivity index (χ1) is 15.0. The lowest BCUT2D eigenvalue weighted by Gasteiger charge is -2.19. The van der Waals surface area contributed by atoms with Gasteiger partial charge in [-0.15, -0.1) is 0 Å². The third-order valence-corrected chi connectivity index (χ3v) is 3.90. The first-order valence-corrected chi connectivity index (χ1v) is 11.6. The van der Waals surface area contributed by atoms with Crippen LogP contribution in [0.3, 0.4) is 0 Å². The van der Waals surface area contributed by atoms with Crippen molar-refractivity contribution in [2.75, 3.05) is 13.2 Å². The normalized spacial score (nSPS) is 13.3. The summed E-state index contributed by atoms with van der Waals surface area (Å²) in [6.07, 6.45) is 34.3. The zero-order chi connectivity index (χ0) is 23.0. The molecule has 3 heteroatoms. The van der Waals surface area contributed by atoms with E-state index in [1.807, 2.05) is 20.8 Å². The maximum Gasteiger partial charge on any atom is 0.332 e. The second-order valence-corrected chi connectivity index (χ2v) is 8.20. The van der Waals surface area contributed by atoms with Crippen LogP contribution in [0.15, 0.2) is 72.9 Å². The van der Waals surface area contributed by atoms with Crippen molar-refractivity contribution >= 4 is 5.97 Å². The van der Waals surface area contributed by atoms with Crippen molar-refractivity contribution in [2.24, 2.45) is 0 Å². The summed E-state index contributed by atoms with van der Waals surface area (Å²) in [5.41, 5.74) is -0.452. The van der Waals surface area contributed by atoms with Crippen LogP contribution in [0, 0.1) is 0 Å². The molecule has 0 spiro atoms. The van der Waals surface area contributed by atoms with Gasteiger partial charge in [-0.1, -0.05) is 79.8 Å². The largest absolute Gasteiger partial charge is 0.458 e. The fraction of sp³-hybridized carbons (Fsp3) is 0.536. The first kappa shape index (κ1) is 28.9. The van der Waals surface area contributed by atoms with Crippen LogP contribution >= 0.6 is 0 Å². The lowest BCUT2D eigenvalue weighted by Crippen LogP contribution is -2.26. The molecular weight excluding hydrogens is 384 g/mol. The smallest absolute Gasteiger partial charge is 0.332 e. The van der Waals surface area contributed by atoms with Crippen LogP contribution in [-0.4, -0.2) is 24.8 Å². The molecule has 0 aliphatic rings. The molecule has 0 aromatic rings. The second kappa shape index (κ2) is 21.1. The lowest BCUT2D eigenvalue weighted by molar-refractivity contribution is -0.160. The maximum atomic E-state index is 11.5. The molecule has 3 nitrogen and oxygen atoms in total. The Bertz CT molecular complexity index is 598. The van der Waals surface area contributed by atoms with Crippen LogP contribution in [0.25, 0.3) is 0 Å². The van der Waals surface area contributed by atoms with Crippen molar-refractivity contribution < 1.29 is 14.3 Å². The van der Waals surface area contributed by atoms with Crippen LogP contribution in [-0.2, 0) is 14.3 Å². The number of unbranched alkanes of at least 4 members (excludes halogenated alkanes) is 1. The summed E-state index contributed by atoms with van der Waals surface area (Å²) < 4.78 is 10.5. The van der Waals surface area contributed by atoms with Crippen LogP contribution in [0.2, 0.25) is 0 Å². The number of allylic oxidation sites excluding steroid dienone is 12. The summed E-state index contributed by atoms with van der Waals surface area (Å²) in [5, 5.41) is 0. The quantitative estimate of drug-likeness (QED) is 0.134. The molecule has 31 heavy (non-hydrogen) atoms. The lowest BCUT2D eigenvalue weighted by atomic mass is 10.2. The molecule has 0 unspecified atom stereocenters. The molecule has 0 amide bonds. The molecule has 0 aromatic carbocycles. The zero-order valence-corrected chi connectivity index (χ0v) is 20.2. The van der Waals surface area contributed by atoms with Gasteiger partial charge < -0.3 is 9.47 Å². The Morgan fingerprint density at radius 1 is 0.677 bits per heavy atom. The number of carbonyl (C=O) groups is 1. The molecule has 0 aromatic heterocycles. The summed E-state index contributed by atoms with van der Waals surface area (Å²) >= 11 is 0. The molecule has 0 aliphatic carbocycles. The summed E-state index contributed by atoms with van der Waals surface area (Å²) in [4.78, 5) is 11.5. The van der Waals surface area contributed by atoms with Crippen molar-refractivity contribution in [1.29, 1.82) is 0 Å². The van der Waals surface area contributed by atoms with Gasteiger partial charge in [-0.2, -0.15) is 0 Å². The van der Waals surface area contributed by atoms with Crippen molar-refractivity contribution in [2.45, 2.75) is 84.7 Å². The van der Waals surface area contributed by atoms with Crippen LogP contribution in [0.4, 0.5) is 0 Å². The van der Waals surface area contributed by atoms with Gasteiger partial charge in [0.25, 0.3) is 0 Å². The van der Waals surface area contributed by atoms with Gasteiger partial charge in [-0.3, -0.25) is 0 Å². The van der Waals surface area contributed by atoms with Gasteiger partial charge in [-0.25, -0.2) is 4.79 Å². The Morgan fingerprint density at radius 3 is 1.52 bits per heavy atom. The Hall–Kier alpha value is -2.13. The van der Waals surface area contributed by atoms with Gasteiger partial charge >= 0.3 is 5.97 Å². The van der Waals surface area contributed by atoms with Crippen LogP contribution in [0.1, 0.15) is 79.1 Å². The van der Waals surface area contributed by atoms with Crippen LogP contribution < -0.4 is 0 Å². The number of hydrogen-bond donors (Lipinski definition) is 0. The van der Waals surface area contributed by atoms with Crippen molar-refractivity contribution in [1.82, 2.24) is 0 Å². The molecular formula is C28H44O3. The monoisotopic (exact) mass is 428 g/mol. The van der Waals surface area contributed by atoms with Crippen molar-refractivity contribution in [3.8, 4) is 0 Å². The summed E-state index contributed by atoms with van der Waals surface area (Å²) in [5.74, 6) is -0.304. The van der Waals surface area contributed by atoms with Gasteiger partial charge in [0, 0.05) is 6.61 Å². The van der Waals surface area contributed by atoms with Crippen molar-refractivity contribution in [3.05, 3.63) is 72.9 Å². The summed E-state index contributed by atoms with van der Waals surface area (Å²) in [7, 11) is 0. The average Bonchev–Trinajstić information content (AvgIpc) is 2.70. The van der Waals surface area contributed by atoms with E-state index in [0.29, 0.717) is 6.61 Å². The number of esters is 1. The number of carbonyl (C=O) groups excluding carboxylic acids is 1. The van der Waals surface area contributed by atoms with Gasteiger partial charge in [-0.05, 0) is 72.1 Å². The standard InChI is InChI=1S/C28H44O3/c1-5-6-7-8-9-10-11-12-13-14-15-16-17-18-19-20-21-22-23-24-25-30-26-27(29)31-28(2,3)4/h6-7,9-10,12-13,15-16,18-19,21-22H,5,8,11,14,17,20,23-26H2,1-4H3/b7-6-,10-9-,13-12-,16-15-,19-18-,22-21-. The molecule has 0 rings (SSSR count). The van der Waals surface area contributed by atoms with E-state index in [2.05, 4.69) is 79.8 Å². The van der Waals surface area contributed by atoms with E-state index in [0.717, 1.165) is 51.4 Å². The fourth-order valence-corrected chi connectivity index (χ4v) is 2.47. The van der Waals surface area contributed by atoms with E-state index in [1.165, 1.54) is 0 Å². The highest BCUT2D eigenvalue weighted by molar-refractivity contribution is 5.71. The molecule has 0 saturated heterocycles. The molecule has 0 aliphatic heterocycles. The third kappa shape index (κ3) is 25.8. The van der Waals surface area contributed by atoms with Crippen molar-refractivity contribution in [3.63, 3.8) is 0 Å². The fourth-order valence-electron chi connectivity index (χ4n) is 2.47. The molecule has 0 heterocycles. The molecule has 0 radical (unpaired) electrons. The summed E-state index contributed by atoms with van der Waals surface area (Å²) in [6.45, 7) is 8.32. The minimum Gasteiger partial charge on any atom is -0.458 e. The highest BCUT2D eigenvalue weighted by Crippen LogP contribution is 2.07.